The SMILES string of the molecule is CO[C@@H](C)c1ncccc1-c1c2c3cc(ccc3n1C)/C(N)=C/SC(C)C[C@H](NC(=O)[C@H](C(C)C)N1CCC3(CN(C(=O)C#CCN4CCOCC4)C3)C1=O)C(=O)N1CCC[C@H](N1)C(O)OCC(C)(C)C2. The zero-order chi connectivity index (χ0) is 50.8. The smallest absolute Gasteiger partial charge is 0.298 e. The summed E-state index contributed by atoms with van der Waals surface area (Å²) in [6.07, 6.45) is 2.82. The molecule has 0 saturated carbocycles. The van der Waals surface area contributed by atoms with E-state index in [-0.39, 0.29) is 61.1 Å². The van der Waals surface area contributed by atoms with Crippen LogP contribution in [-0.4, -0.2) is 160 Å². The Morgan fingerprint density at radius 1 is 1.11 bits per heavy atom. The molecule has 4 saturated heterocycles. The fourth-order valence-electron chi connectivity index (χ4n) is 10.8. The zero-order valence-electron chi connectivity index (χ0n) is 42.7. The quantitative estimate of drug-likeness (QED) is 0.237. The number of hydrogen-bond acceptors (Lipinski definition) is 13. The number of thioether (sulfide) groups is 1. The van der Waals surface area contributed by atoms with Gasteiger partial charge in [-0.05, 0) is 97.1 Å². The highest BCUT2D eigenvalue weighted by Crippen LogP contribution is 2.43. The second kappa shape index (κ2) is 22.0. The Labute approximate surface area is 422 Å². The summed E-state index contributed by atoms with van der Waals surface area (Å²) in [6.45, 7) is 16.8. The molecule has 5 aliphatic rings. The van der Waals surface area contributed by atoms with Crippen molar-refractivity contribution >= 4 is 52.0 Å². The maximum atomic E-state index is 14.7. The number of carbonyl (C=O) groups is 4. The number of nitrogens with zero attached hydrogens (tertiary/aromatic N) is 6. The molecule has 2 aromatic heterocycles. The number of aromatic nitrogens is 2. The number of aliphatic hydroxyl groups excluding tert-OH is 1. The number of aryl methyl sites for hydroxylation is 1. The number of pyridine rings is 1. The van der Waals surface area contributed by atoms with Crippen LogP contribution in [0.4, 0.5) is 0 Å². The molecule has 7 heterocycles. The first-order valence-electron chi connectivity index (χ1n) is 25.2. The molecule has 6 atom stereocenters. The van der Waals surface area contributed by atoms with Crippen molar-refractivity contribution in [1.82, 2.24) is 40.0 Å². The summed E-state index contributed by atoms with van der Waals surface area (Å²) in [7, 11) is 3.75. The molecular weight excluding hydrogens is 923 g/mol. The van der Waals surface area contributed by atoms with E-state index < -0.39 is 41.2 Å². The van der Waals surface area contributed by atoms with Crippen molar-refractivity contribution in [2.45, 2.75) is 109 Å². The predicted octanol–water partition coefficient (Wildman–Crippen LogP) is 4.04. The summed E-state index contributed by atoms with van der Waals surface area (Å²) in [5.41, 5.74) is 15.3. The maximum absolute atomic E-state index is 14.7. The van der Waals surface area contributed by atoms with Crippen LogP contribution in [-0.2, 0) is 46.9 Å². The molecule has 4 amide bonds. The molecule has 1 aromatic carbocycles. The molecule has 4 bridgehead atoms. The molecule has 3 aromatic rings. The van der Waals surface area contributed by atoms with Gasteiger partial charge in [-0.1, -0.05) is 46.6 Å². The summed E-state index contributed by atoms with van der Waals surface area (Å²) >= 11 is 1.48. The Kier molecular flexibility index (Phi) is 16.2. The van der Waals surface area contributed by atoms with Gasteiger partial charge in [0.1, 0.15) is 12.1 Å². The van der Waals surface area contributed by atoms with E-state index in [1.807, 2.05) is 45.2 Å². The van der Waals surface area contributed by atoms with Crippen LogP contribution in [0.5, 0.6) is 0 Å². The molecule has 0 aliphatic carbocycles. The van der Waals surface area contributed by atoms with Crippen LogP contribution in [0.2, 0.25) is 0 Å². The van der Waals surface area contributed by atoms with E-state index in [0.29, 0.717) is 64.2 Å². The molecule has 71 heavy (non-hydrogen) atoms. The van der Waals surface area contributed by atoms with Crippen molar-refractivity contribution < 1.29 is 38.5 Å². The Morgan fingerprint density at radius 3 is 2.61 bits per heavy atom. The monoisotopic (exact) mass is 996 g/mol. The van der Waals surface area contributed by atoms with Crippen molar-refractivity contribution in [1.29, 1.82) is 0 Å². The fraction of sp³-hybridized carbons (Fsp3) is 0.604. The fourth-order valence-corrected chi connectivity index (χ4v) is 11.6. The van der Waals surface area contributed by atoms with E-state index in [1.54, 1.807) is 23.1 Å². The summed E-state index contributed by atoms with van der Waals surface area (Å²) in [5, 5.41) is 19.0. The van der Waals surface area contributed by atoms with Crippen LogP contribution < -0.4 is 16.5 Å². The van der Waals surface area contributed by atoms with E-state index in [1.165, 1.54) is 16.8 Å². The van der Waals surface area contributed by atoms with Gasteiger partial charge in [-0.2, -0.15) is 0 Å². The number of likely N-dealkylation sites (tertiary alicyclic amines) is 2. The molecule has 8 rings (SSSR count). The van der Waals surface area contributed by atoms with Gasteiger partial charge in [0.2, 0.25) is 11.8 Å². The second-order valence-electron chi connectivity index (χ2n) is 21.2. The van der Waals surface area contributed by atoms with E-state index in [4.69, 9.17) is 24.9 Å². The number of ether oxygens (including phenoxy) is 3. The van der Waals surface area contributed by atoms with Gasteiger partial charge in [-0.15, -0.1) is 11.8 Å². The normalized spacial score (nSPS) is 25.9. The van der Waals surface area contributed by atoms with Crippen LogP contribution in [0.25, 0.3) is 27.9 Å². The largest absolute Gasteiger partial charge is 0.398 e. The number of aliphatic hydroxyl groups is 1. The van der Waals surface area contributed by atoms with Gasteiger partial charge in [0.25, 0.3) is 11.8 Å². The second-order valence-corrected chi connectivity index (χ2v) is 22.5. The number of methoxy groups -OCH3 is 1. The number of hydrazine groups is 1. The van der Waals surface area contributed by atoms with Crippen LogP contribution >= 0.6 is 11.8 Å². The van der Waals surface area contributed by atoms with Crippen molar-refractivity contribution in [3.8, 4) is 23.1 Å². The van der Waals surface area contributed by atoms with Crippen LogP contribution in [0.15, 0.2) is 41.9 Å². The Morgan fingerprint density at radius 2 is 1.87 bits per heavy atom. The number of hydrogen-bond donors (Lipinski definition) is 4. The number of benzene rings is 1. The lowest BCUT2D eigenvalue weighted by molar-refractivity contribution is -0.164. The topological polar surface area (TPSA) is 197 Å². The number of rotatable bonds is 8. The summed E-state index contributed by atoms with van der Waals surface area (Å²) in [6, 6.07) is 7.84. The molecular formula is C53H73N9O8S. The van der Waals surface area contributed by atoms with E-state index in [2.05, 4.69) is 71.1 Å². The maximum Gasteiger partial charge on any atom is 0.298 e. The van der Waals surface area contributed by atoms with E-state index in [0.717, 1.165) is 52.1 Å². The molecule has 384 valence electrons. The zero-order valence-corrected chi connectivity index (χ0v) is 43.5. The lowest BCUT2D eigenvalue weighted by Crippen LogP contribution is -2.64. The molecule has 18 heteroatoms. The molecule has 2 unspecified atom stereocenters. The lowest BCUT2D eigenvalue weighted by atomic mass is 9.78. The number of fused-ring (bicyclic) bond motifs is 3. The molecule has 5 N–H and O–H groups in total. The standard InChI is InChI=1S/C53H73N9O8S/c1-33(2)46(61-21-17-53(51(61)67)30-60(31-53)44(63)14-11-19-59-22-24-69-25-23-59)48(64)56-42-26-34(3)71-29-40(54)36-15-16-43-38(27-36)39(47(58(43)7)37-12-9-18-55-45(37)35(4)68-8)28-52(5,6)32-70-50(66)41-13-10-20-62(57-41)49(42)65/h9,12,15-16,18,27,29,33-35,41-42,46,50,57,66H,10,13,17,19-26,28,30-32,54H2,1-8H3,(H,56,64)/b40-29-/t34?,35-,41-,42-,46-,50?/m0/s1. The van der Waals surface area contributed by atoms with Gasteiger partial charge in [-0.3, -0.25) is 34.1 Å². The number of morpholine rings is 1. The summed E-state index contributed by atoms with van der Waals surface area (Å²) in [5.74, 6) is 4.22. The minimum absolute atomic E-state index is 0.162. The van der Waals surface area contributed by atoms with Gasteiger partial charge >= 0.3 is 0 Å². The Bertz CT molecular complexity index is 2560. The lowest BCUT2D eigenvalue weighted by Gasteiger charge is -2.46. The minimum Gasteiger partial charge on any atom is -0.398 e. The average Bonchev–Trinajstić information content (AvgIpc) is 3.82. The average molecular weight is 996 g/mol. The highest BCUT2D eigenvalue weighted by molar-refractivity contribution is 8.02. The minimum atomic E-state index is -1.23. The number of nitrogens with two attached hydrogens (primary N) is 1. The molecule has 5 aliphatic heterocycles. The van der Waals surface area contributed by atoms with Crippen LogP contribution in [0.1, 0.15) is 90.2 Å². The summed E-state index contributed by atoms with van der Waals surface area (Å²) < 4.78 is 19.7. The Hall–Kier alpha value is -5.00. The van der Waals surface area contributed by atoms with Crippen molar-refractivity contribution in [3.63, 3.8) is 0 Å². The third kappa shape index (κ3) is 11.3. The number of carbonyl (C=O) groups excluding carboxylic acids is 4. The van der Waals surface area contributed by atoms with Crippen LogP contribution in [0, 0.1) is 28.6 Å². The molecule has 1 spiro atoms. The first kappa shape index (κ1) is 52.3. The summed E-state index contributed by atoms with van der Waals surface area (Å²) in [4.78, 5) is 66.8. The van der Waals surface area contributed by atoms with Gasteiger partial charge in [0.15, 0.2) is 6.29 Å². The third-order valence-corrected chi connectivity index (χ3v) is 15.9. The van der Waals surface area contributed by atoms with Gasteiger partial charge in [-0.25, -0.2) is 5.43 Å². The third-order valence-electron chi connectivity index (χ3n) is 14.9. The number of nitrogens with one attached hydrogen (secondary N) is 2. The number of amides is 4. The highest BCUT2D eigenvalue weighted by Gasteiger charge is 2.58. The van der Waals surface area contributed by atoms with E-state index in [9.17, 15) is 24.3 Å². The van der Waals surface area contributed by atoms with Crippen molar-refractivity contribution in [2.24, 2.45) is 29.5 Å². The van der Waals surface area contributed by atoms with Gasteiger partial charge < -0.3 is 44.7 Å². The van der Waals surface area contributed by atoms with Crippen molar-refractivity contribution in [3.05, 3.63) is 58.8 Å². The molecule has 17 nitrogen and oxygen atoms in total. The molecule has 0 radical (unpaired) electrons. The van der Waals surface area contributed by atoms with E-state index >= 15 is 0 Å². The van der Waals surface area contributed by atoms with Gasteiger partial charge in [0, 0.05) is 87.0 Å². The van der Waals surface area contributed by atoms with Gasteiger partial charge in [0.05, 0.1) is 55.3 Å². The first-order chi connectivity index (χ1) is 33.9. The van der Waals surface area contributed by atoms with Crippen LogP contribution in [0.3, 0.4) is 0 Å². The predicted molar refractivity (Wildman–Crippen MR) is 274 cm³/mol. The first-order valence-corrected chi connectivity index (χ1v) is 26.1. The Balaban J connectivity index is 1.04. The van der Waals surface area contributed by atoms with Crippen molar-refractivity contribution in [2.75, 3.05) is 72.7 Å². The highest BCUT2D eigenvalue weighted by atomic mass is 32.2. The molecule has 4 fully saturated rings.